The minimum atomic E-state index is -0.0325. The molecule has 2 aromatic heterocycles. The molecule has 130 valence electrons. The summed E-state index contributed by atoms with van der Waals surface area (Å²) in [5.41, 5.74) is 0.848. The number of rotatable bonds is 6. The summed E-state index contributed by atoms with van der Waals surface area (Å²) in [6.07, 6.45) is 4.25. The van der Waals surface area contributed by atoms with Crippen molar-refractivity contribution >= 4 is 34.5 Å². The van der Waals surface area contributed by atoms with Gasteiger partial charge in [-0.05, 0) is 12.8 Å². The summed E-state index contributed by atoms with van der Waals surface area (Å²) in [7, 11) is 0. The smallest absolute Gasteiger partial charge is 0.216 e. The van der Waals surface area contributed by atoms with Crippen molar-refractivity contribution in [3.05, 3.63) is 6.20 Å². The Morgan fingerprint density at radius 2 is 2.08 bits per heavy atom. The van der Waals surface area contributed by atoms with Crippen molar-refractivity contribution in [1.29, 1.82) is 0 Å². The summed E-state index contributed by atoms with van der Waals surface area (Å²) in [4.78, 5) is 22.9. The van der Waals surface area contributed by atoms with Crippen molar-refractivity contribution in [1.82, 2.24) is 25.1 Å². The summed E-state index contributed by atoms with van der Waals surface area (Å²) in [6, 6.07) is 0. The molecule has 1 amide bonds. The lowest BCUT2D eigenvalue weighted by Crippen LogP contribution is -2.25. The molecule has 3 rings (SSSR count). The van der Waals surface area contributed by atoms with Crippen LogP contribution in [0.25, 0.3) is 11.0 Å². The highest BCUT2D eigenvalue weighted by molar-refractivity contribution is 7.99. The van der Waals surface area contributed by atoms with Crippen LogP contribution in [0.3, 0.4) is 0 Å². The number of aromatic nitrogens is 4. The second kappa shape index (κ2) is 7.38. The van der Waals surface area contributed by atoms with Crippen LogP contribution in [0, 0.1) is 0 Å². The number of anilines is 1. The predicted octanol–water partition coefficient (Wildman–Crippen LogP) is 2.06. The van der Waals surface area contributed by atoms with Crippen LogP contribution >= 0.6 is 11.8 Å². The SMILES string of the molecule is CC(=O)NCCn1ncc2c(N3CCCC3)nc(SC(C)C)nc21. The lowest BCUT2D eigenvalue weighted by atomic mass is 10.3. The molecule has 1 fully saturated rings. The van der Waals surface area contributed by atoms with Crippen molar-refractivity contribution in [2.24, 2.45) is 0 Å². The van der Waals surface area contributed by atoms with Crippen molar-refractivity contribution in [2.45, 2.75) is 50.6 Å². The monoisotopic (exact) mass is 348 g/mol. The highest BCUT2D eigenvalue weighted by atomic mass is 32.2. The first kappa shape index (κ1) is 17.0. The van der Waals surface area contributed by atoms with Crippen LogP contribution in [0.4, 0.5) is 5.82 Å². The van der Waals surface area contributed by atoms with Gasteiger partial charge in [0, 0.05) is 31.8 Å². The number of nitrogens with one attached hydrogen (secondary N) is 1. The summed E-state index contributed by atoms with van der Waals surface area (Å²) >= 11 is 1.67. The molecule has 0 aromatic carbocycles. The number of carbonyl (C=O) groups is 1. The molecule has 24 heavy (non-hydrogen) atoms. The van der Waals surface area contributed by atoms with E-state index in [1.807, 2.05) is 10.9 Å². The number of thioether (sulfide) groups is 1. The van der Waals surface area contributed by atoms with E-state index in [1.165, 1.54) is 19.8 Å². The maximum Gasteiger partial charge on any atom is 0.216 e. The van der Waals surface area contributed by atoms with E-state index < -0.39 is 0 Å². The Morgan fingerprint density at radius 1 is 1.33 bits per heavy atom. The quantitative estimate of drug-likeness (QED) is 0.636. The zero-order chi connectivity index (χ0) is 17.1. The van der Waals surface area contributed by atoms with Gasteiger partial charge in [-0.2, -0.15) is 5.10 Å². The fraction of sp³-hybridized carbons (Fsp3) is 0.625. The molecule has 1 aliphatic rings. The average Bonchev–Trinajstić information content (AvgIpc) is 3.15. The molecule has 7 nitrogen and oxygen atoms in total. The van der Waals surface area contributed by atoms with Crippen LogP contribution in [-0.2, 0) is 11.3 Å². The largest absolute Gasteiger partial charge is 0.356 e. The number of nitrogens with zero attached hydrogens (tertiary/aromatic N) is 5. The molecule has 8 heteroatoms. The minimum Gasteiger partial charge on any atom is -0.356 e. The highest BCUT2D eigenvalue weighted by Crippen LogP contribution is 2.30. The molecule has 1 N–H and O–H groups in total. The number of fused-ring (bicyclic) bond motifs is 1. The average molecular weight is 348 g/mol. The molecular weight excluding hydrogens is 324 g/mol. The van der Waals surface area contributed by atoms with Crippen LogP contribution in [0.15, 0.2) is 11.4 Å². The fourth-order valence-corrected chi connectivity index (χ4v) is 3.56. The zero-order valence-corrected chi connectivity index (χ0v) is 15.3. The first-order valence-corrected chi connectivity index (χ1v) is 9.32. The van der Waals surface area contributed by atoms with Crippen LogP contribution in [0.2, 0.25) is 0 Å². The topological polar surface area (TPSA) is 75.9 Å². The molecule has 0 saturated carbocycles. The van der Waals surface area contributed by atoms with Crippen molar-refractivity contribution in [2.75, 3.05) is 24.5 Å². The molecular formula is C16H24N6OS. The summed E-state index contributed by atoms with van der Waals surface area (Å²) < 4.78 is 1.86. The number of hydrogen-bond donors (Lipinski definition) is 1. The standard InChI is InChI=1S/C16H24N6OS/c1-11(2)24-16-19-14(21-7-4-5-8-21)13-10-18-22(15(13)20-16)9-6-17-12(3)23/h10-11H,4-9H2,1-3H3,(H,17,23). The minimum absolute atomic E-state index is 0.0325. The Morgan fingerprint density at radius 3 is 2.75 bits per heavy atom. The number of hydrogen-bond acceptors (Lipinski definition) is 6. The van der Waals surface area contributed by atoms with Gasteiger partial charge in [-0.15, -0.1) is 0 Å². The van der Waals surface area contributed by atoms with E-state index in [1.54, 1.807) is 11.8 Å². The van der Waals surface area contributed by atoms with E-state index in [0.29, 0.717) is 18.3 Å². The van der Waals surface area contributed by atoms with E-state index >= 15 is 0 Å². The number of amides is 1. The summed E-state index contributed by atoms with van der Waals surface area (Å²) in [5, 5.41) is 9.48. The molecule has 0 spiro atoms. The number of carbonyl (C=O) groups excluding carboxylic acids is 1. The van der Waals surface area contributed by atoms with E-state index in [2.05, 4.69) is 29.2 Å². The lowest BCUT2D eigenvalue weighted by molar-refractivity contribution is -0.118. The van der Waals surface area contributed by atoms with Gasteiger partial charge >= 0.3 is 0 Å². The van der Waals surface area contributed by atoms with Gasteiger partial charge in [0.15, 0.2) is 10.8 Å². The Balaban J connectivity index is 1.95. The van der Waals surface area contributed by atoms with Gasteiger partial charge in [0.2, 0.25) is 5.91 Å². The maximum absolute atomic E-state index is 11.1. The van der Waals surface area contributed by atoms with Crippen LogP contribution in [0.5, 0.6) is 0 Å². The predicted molar refractivity (Wildman–Crippen MR) is 96.4 cm³/mol. The first-order chi connectivity index (χ1) is 11.5. The van der Waals surface area contributed by atoms with E-state index in [0.717, 1.165) is 35.1 Å². The molecule has 0 atom stereocenters. The van der Waals surface area contributed by atoms with Crippen molar-refractivity contribution in [3.8, 4) is 0 Å². The lowest BCUT2D eigenvalue weighted by Gasteiger charge is -2.18. The van der Waals surface area contributed by atoms with Gasteiger partial charge in [0.05, 0.1) is 18.1 Å². The van der Waals surface area contributed by atoms with Crippen molar-refractivity contribution < 1.29 is 4.79 Å². The van der Waals surface area contributed by atoms with Gasteiger partial charge in [-0.3, -0.25) is 4.79 Å². The third-order valence-electron chi connectivity index (χ3n) is 3.90. The molecule has 3 heterocycles. The van der Waals surface area contributed by atoms with Gasteiger partial charge in [-0.25, -0.2) is 14.6 Å². The molecule has 1 aliphatic heterocycles. The molecule has 0 radical (unpaired) electrons. The Labute approximate surface area is 146 Å². The molecule has 1 saturated heterocycles. The first-order valence-electron chi connectivity index (χ1n) is 8.44. The second-order valence-corrected chi connectivity index (χ2v) is 7.82. The molecule has 0 unspecified atom stereocenters. The van der Waals surface area contributed by atoms with Crippen LogP contribution in [-0.4, -0.2) is 50.5 Å². The summed E-state index contributed by atoms with van der Waals surface area (Å²) in [6.45, 7) is 9.02. The van der Waals surface area contributed by atoms with Gasteiger partial charge in [-0.1, -0.05) is 25.6 Å². The van der Waals surface area contributed by atoms with Crippen molar-refractivity contribution in [3.63, 3.8) is 0 Å². The molecule has 2 aromatic rings. The summed E-state index contributed by atoms with van der Waals surface area (Å²) in [5.74, 6) is 0.960. The zero-order valence-electron chi connectivity index (χ0n) is 14.4. The van der Waals surface area contributed by atoms with Gasteiger partial charge in [0.25, 0.3) is 0 Å². The van der Waals surface area contributed by atoms with E-state index in [9.17, 15) is 4.79 Å². The molecule has 0 aliphatic carbocycles. The van der Waals surface area contributed by atoms with Gasteiger partial charge < -0.3 is 10.2 Å². The third kappa shape index (κ3) is 3.80. The highest BCUT2D eigenvalue weighted by Gasteiger charge is 2.21. The molecule has 0 bridgehead atoms. The maximum atomic E-state index is 11.1. The second-order valence-electron chi connectivity index (χ2n) is 6.28. The van der Waals surface area contributed by atoms with Crippen LogP contribution in [0.1, 0.15) is 33.6 Å². The van der Waals surface area contributed by atoms with Gasteiger partial charge in [0.1, 0.15) is 5.82 Å². The Kier molecular flexibility index (Phi) is 5.23. The fourth-order valence-electron chi connectivity index (χ4n) is 2.86. The van der Waals surface area contributed by atoms with E-state index in [-0.39, 0.29) is 5.91 Å². The Hall–Kier alpha value is -1.83. The normalized spacial score (nSPS) is 14.8. The van der Waals surface area contributed by atoms with Crippen LogP contribution < -0.4 is 10.2 Å². The third-order valence-corrected chi connectivity index (χ3v) is 4.76. The van der Waals surface area contributed by atoms with E-state index in [4.69, 9.17) is 9.97 Å². The Bertz CT molecular complexity index is 723.